The number of amides is 2. The maximum Gasteiger partial charge on any atom is 0.322 e. The molecule has 2 unspecified atom stereocenters. The number of carbonyl (C=O) groups excluding carboxylic acids is 1. The second-order valence-corrected chi connectivity index (χ2v) is 5.16. The minimum absolute atomic E-state index is 0.0411. The zero-order valence-corrected chi connectivity index (χ0v) is 13.6. The Bertz CT molecular complexity index is 451. The Hall–Kier alpha value is -1.59. The van der Waals surface area contributed by atoms with Gasteiger partial charge < -0.3 is 20.3 Å². The van der Waals surface area contributed by atoms with Crippen LogP contribution in [-0.2, 0) is 4.74 Å². The molecule has 0 aliphatic carbocycles. The number of carbonyl (C=O) groups is 1. The van der Waals surface area contributed by atoms with Crippen LogP contribution in [0.1, 0.15) is 32.4 Å². The highest BCUT2D eigenvalue weighted by atomic mass is 16.5. The van der Waals surface area contributed by atoms with Gasteiger partial charge in [-0.1, -0.05) is 12.1 Å². The number of anilines is 1. The van der Waals surface area contributed by atoms with Crippen molar-refractivity contribution < 1.29 is 9.53 Å². The van der Waals surface area contributed by atoms with Crippen LogP contribution in [0.2, 0.25) is 0 Å². The van der Waals surface area contributed by atoms with E-state index in [4.69, 9.17) is 4.74 Å². The van der Waals surface area contributed by atoms with E-state index in [9.17, 15) is 4.79 Å². The predicted molar refractivity (Wildman–Crippen MR) is 86.7 cm³/mol. The molecule has 5 heteroatoms. The molecule has 2 N–H and O–H groups in total. The highest BCUT2D eigenvalue weighted by Gasteiger charge is 2.18. The molecule has 0 heterocycles. The summed E-state index contributed by atoms with van der Waals surface area (Å²) >= 11 is 0. The van der Waals surface area contributed by atoms with Crippen LogP contribution in [0.25, 0.3) is 0 Å². The largest absolute Gasteiger partial charge is 0.383 e. The number of likely N-dealkylation sites (N-methyl/N-ethyl adjacent to an activating group) is 1. The average molecular weight is 293 g/mol. The van der Waals surface area contributed by atoms with Crippen LogP contribution in [-0.4, -0.2) is 44.3 Å². The number of nitrogens with one attached hydrogen (secondary N) is 2. The lowest BCUT2D eigenvalue weighted by atomic mass is 10.1. The van der Waals surface area contributed by atoms with Crippen molar-refractivity contribution in [1.82, 2.24) is 10.2 Å². The van der Waals surface area contributed by atoms with Gasteiger partial charge >= 0.3 is 6.03 Å². The molecule has 2 atom stereocenters. The van der Waals surface area contributed by atoms with E-state index in [2.05, 4.69) is 17.6 Å². The molecule has 0 aliphatic rings. The van der Waals surface area contributed by atoms with Gasteiger partial charge in [-0.3, -0.25) is 0 Å². The Labute approximate surface area is 127 Å². The van der Waals surface area contributed by atoms with Crippen LogP contribution < -0.4 is 10.6 Å². The van der Waals surface area contributed by atoms with E-state index in [0.717, 1.165) is 11.3 Å². The maximum absolute atomic E-state index is 12.4. The summed E-state index contributed by atoms with van der Waals surface area (Å²) in [5.41, 5.74) is 1.95. The van der Waals surface area contributed by atoms with Crippen molar-refractivity contribution in [3.05, 3.63) is 29.8 Å². The maximum atomic E-state index is 12.4. The minimum atomic E-state index is -0.101. The molecule has 5 nitrogen and oxygen atoms in total. The summed E-state index contributed by atoms with van der Waals surface area (Å²) in [4.78, 5) is 14.1. The molecule has 0 aliphatic heterocycles. The zero-order valence-electron chi connectivity index (χ0n) is 13.6. The van der Waals surface area contributed by atoms with E-state index in [1.165, 1.54) is 0 Å². The molecular formula is C16H27N3O2. The summed E-state index contributed by atoms with van der Waals surface area (Å²) in [6, 6.07) is 8.08. The van der Waals surface area contributed by atoms with Gasteiger partial charge in [0.2, 0.25) is 0 Å². The van der Waals surface area contributed by atoms with E-state index in [0.29, 0.717) is 13.2 Å². The van der Waals surface area contributed by atoms with Crippen LogP contribution in [0.15, 0.2) is 24.3 Å². The number of hydrogen-bond donors (Lipinski definition) is 2. The molecule has 2 amide bonds. The molecule has 1 aromatic carbocycles. The molecule has 0 spiro atoms. The molecule has 1 aromatic rings. The van der Waals surface area contributed by atoms with Crippen molar-refractivity contribution in [2.75, 3.05) is 32.6 Å². The van der Waals surface area contributed by atoms with Gasteiger partial charge in [-0.2, -0.15) is 0 Å². The van der Waals surface area contributed by atoms with Crippen LogP contribution in [0.4, 0.5) is 10.5 Å². The summed E-state index contributed by atoms with van der Waals surface area (Å²) in [5, 5.41) is 6.15. The lowest BCUT2D eigenvalue weighted by Gasteiger charge is -2.27. The van der Waals surface area contributed by atoms with Gasteiger partial charge in [-0.05, 0) is 45.5 Å². The van der Waals surface area contributed by atoms with E-state index >= 15 is 0 Å². The molecule has 0 aromatic heterocycles. The van der Waals surface area contributed by atoms with Crippen LogP contribution in [0, 0.1) is 0 Å². The number of nitrogens with zero attached hydrogens (tertiary/aromatic N) is 1. The Morgan fingerprint density at radius 1 is 1.38 bits per heavy atom. The molecule has 118 valence electrons. The number of methoxy groups -OCH3 is 1. The Morgan fingerprint density at radius 2 is 2.10 bits per heavy atom. The highest BCUT2D eigenvalue weighted by molar-refractivity contribution is 5.89. The van der Waals surface area contributed by atoms with Gasteiger partial charge in [0.1, 0.15) is 0 Å². The second kappa shape index (κ2) is 8.64. The SMILES string of the molecule is CCN(C(=O)Nc1cccc(C(C)NC)c1)C(C)COC. The molecule has 0 fully saturated rings. The molecule has 0 saturated carbocycles. The van der Waals surface area contributed by atoms with Crippen molar-refractivity contribution in [1.29, 1.82) is 0 Å². The highest BCUT2D eigenvalue weighted by Crippen LogP contribution is 2.17. The van der Waals surface area contributed by atoms with Crippen LogP contribution >= 0.6 is 0 Å². The fourth-order valence-corrected chi connectivity index (χ4v) is 2.23. The normalized spacial score (nSPS) is 13.6. The smallest absolute Gasteiger partial charge is 0.322 e. The van der Waals surface area contributed by atoms with Crippen LogP contribution in [0.5, 0.6) is 0 Å². The first-order chi connectivity index (χ1) is 10.0. The summed E-state index contributed by atoms with van der Waals surface area (Å²) in [6.07, 6.45) is 0. The van der Waals surface area contributed by atoms with Crippen molar-refractivity contribution in [3.63, 3.8) is 0 Å². The van der Waals surface area contributed by atoms with E-state index in [1.54, 1.807) is 12.0 Å². The van der Waals surface area contributed by atoms with Crippen LogP contribution in [0.3, 0.4) is 0 Å². The first kappa shape index (κ1) is 17.5. The Balaban J connectivity index is 2.77. The second-order valence-electron chi connectivity index (χ2n) is 5.16. The van der Waals surface area contributed by atoms with Crippen molar-refractivity contribution in [2.24, 2.45) is 0 Å². The number of urea groups is 1. The first-order valence-corrected chi connectivity index (χ1v) is 7.37. The van der Waals surface area contributed by atoms with Crippen molar-refractivity contribution in [2.45, 2.75) is 32.9 Å². The minimum Gasteiger partial charge on any atom is -0.383 e. The van der Waals surface area contributed by atoms with Gasteiger partial charge in [0.25, 0.3) is 0 Å². The summed E-state index contributed by atoms with van der Waals surface area (Å²) in [6.45, 7) is 7.19. The van der Waals surface area contributed by atoms with Crippen molar-refractivity contribution >= 4 is 11.7 Å². The van der Waals surface area contributed by atoms with Crippen molar-refractivity contribution in [3.8, 4) is 0 Å². The lowest BCUT2D eigenvalue weighted by molar-refractivity contribution is 0.119. The molecule has 1 rings (SSSR count). The molecule has 21 heavy (non-hydrogen) atoms. The third-order valence-electron chi connectivity index (χ3n) is 3.61. The first-order valence-electron chi connectivity index (χ1n) is 7.37. The fourth-order valence-electron chi connectivity index (χ4n) is 2.23. The van der Waals surface area contributed by atoms with Gasteiger partial charge in [0.05, 0.1) is 12.6 Å². The molecular weight excluding hydrogens is 266 g/mol. The molecule has 0 bridgehead atoms. The number of ether oxygens (including phenoxy) is 1. The topological polar surface area (TPSA) is 53.6 Å². The van der Waals surface area contributed by atoms with Gasteiger partial charge in [-0.15, -0.1) is 0 Å². The van der Waals surface area contributed by atoms with E-state index in [1.807, 2.05) is 45.2 Å². The quantitative estimate of drug-likeness (QED) is 0.813. The third kappa shape index (κ3) is 5.02. The average Bonchev–Trinajstić information content (AvgIpc) is 2.47. The summed E-state index contributed by atoms with van der Waals surface area (Å²) in [7, 11) is 3.56. The van der Waals surface area contributed by atoms with Gasteiger partial charge in [0, 0.05) is 25.4 Å². The number of rotatable bonds is 7. The van der Waals surface area contributed by atoms with E-state index in [-0.39, 0.29) is 18.1 Å². The number of benzene rings is 1. The Morgan fingerprint density at radius 3 is 2.67 bits per heavy atom. The fraction of sp³-hybridized carbons (Fsp3) is 0.562. The monoisotopic (exact) mass is 293 g/mol. The summed E-state index contributed by atoms with van der Waals surface area (Å²) in [5.74, 6) is 0. The molecule has 0 saturated heterocycles. The van der Waals surface area contributed by atoms with Gasteiger partial charge in [-0.25, -0.2) is 4.79 Å². The van der Waals surface area contributed by atoms with E-state index < -0.39 is 0 Å². The third-order valence-corrected chi connectivity index (χ3v) is 3.61. The van der Waals surface area contributed by atoms with Gasteiger partial charge in [0.15, 0.2) is 0 Å². The lowest BCUT2D eigenvalue weighted by Crippen LogP contribution is -2.43. The standard InChI is InChI=1S/C16H27N3O2/c1-6-19(12(2)11-21-5)16(20)18-15-9-7-8-14(10-15)13(3)17-4/h7-10,12-13,17H,6,11H2,1-5H3,(H,18,20). The summed E-state index contributed by atoms with van der Waals surface area (Å²) < 4.78 is 5.12. The Kier molecular flexibility index (Phi) is 7.19. The number of hydrogen-bond acceptors (Lipinski definition) is 3. The predicted octanol–water partition coefficient (Wildman–Crippen LogP) is 2.86. The molecule has 0 radical (unpaired) electrons. The zero-order chi connectivity index (χ0) is 15.8.